The minimum Gasteiger partial charge on any atom is -0.399 e. The quantitative estimate of drug-likeness (QED) is 0.702. The van der Waals surface area contributed by atoms with Crippen molar-refractivity contribution >= 4 is 17.4 Å². The molecule has 0 aliphatic rings. The summed E-state index contributed by atoms with van der Waals surface area (Å²) in [5.41, 5.74) is 6.82. The van der Waals surface area contributed by atoms with Crippen LogP contribution in [0.3, 0.4) is 0 Å². The van der Waals surface area contributed by atoms with E-state index in [1.165, 1.54) is 0 Å². The largest absolute Gasteiger partial charge is 0.399 e. The molecule has 0 heterocycles. The molecule has 0 bridgehead atoms. The Morgan fingerprint density at radius 1 is 1.35 bits per heavy atom. The first-order valence-corrected chi connectivity index (χ1v) is 5.94. The molecule has 1 aromatic carbocycles. The molecular formula is C13H21N3O. The molecule has 4 heteroatoms. The van der Waals surface area contributed by atoms with Gasteiger partial charge in [-0.15, -0.1) is 0 Å². The van der Waals surface area contributed by atoms with Gasteiger partial charge in [0.15, 0.2) is 0 Å². The van der Waals surface area contributed by atoms with Crippen molar-refractivity contribution in [2.45, 2.75) is 39.2 Å². The number of rotatable bonds is 4. The molecule has 0 aromatic heterocycles. The highest BCUT2D eigenvalue weighted by molar-refractivity contribution is 5.90. The van der Waals surface area contributed by atoms with Crippen molar-refractivity contribution in [1.82, 2.24) is 5.32 Å². The second-order valence-electron chi connectivity index (χ2n) is 4.47. The average Bonchev–Trinajstić information content (AvgIpc) is 2.28. The molecule has 17 heavy (non-hydrogen) atoms. The second-order valence-corrected chi connectivity index (χ2v) is 4.47. The average molecular weight is 235 g/mol. The molecule has 0 saturated heterocycles. The third kappa shape index (κ3) is 3.98. The normalized spacial score (nSPS) is 11.0. The van der Waals surface area contributed by atoms with Crippen molar-refractivity contribution in [3.8, 4) is 0 Å². The standard InChI is InChI=1S/C13H21N3O/c1-4-13(3,5-2)16-12(17)15-11-8-6-7-10(14)9-11/h6-9H,4-5,14H2,1-3H3,(H2,15,16,17). The van der Waals surface area contributed by atoms with Gasteiger partial charge in [-0.25, -0.2) is 4.79 Å². The molecule has 0 fully saturated rings. The number of nitrogen functional groups attached to an aromatic ring is 1. The lowest BCUT2D eigenvalue weighted by Gasteiger charge is -2.28. The van der Waals surface area contributed by atoms with E-state index in [0.29, 0.717) is 11.4 Å². The SMILES string of the molecule is CCC(C)(CC)NC(=O)Nc1cccc(N)c1. The summed E-state index contributed by atoms with van der Waals surface area (Å²) in [6.07, 6.45) is 1.79. The predicted molar refractivity (Wildman–Crippen MR) is 72.0 cm³/mol. The number of nitrogens with one attached hydrogen (secondary N) is 2. The van der Waals surface area contributed by atoms with Gasteiger partial charge in [-0.3, -0.25) is 0 Å². The van der Waals surface area contributed by atoms with E-state index in [2.05, 4.69) is 24.5 Å². The fourth-order valence-electron chi connectivity index (χ4n) is 1.48. The number of urea groups is 1. The van der Waals surface area contributed by atoms with Gasteiger partial charge in [0.05, 0.1) is 0 Å². The number of nitrogens with two attached hydrogens (primary N) is 1. The van der Waals surface area contributed by atoms with Crippen LogP contribution in [0.4, 0.5) is 16.2 Å². The van der Waals surface area contributed by atoms with Crippen LogP contribution in [0.15, 0.2) is 24.3 Å². The van der Waals surface area contributed by atoms with Crippen molar-refractivity contribution in [2.75, 3.05) is 11.1 Å². The van der Waals surface area contributed by atoms with E-state index in [-0.39, 0.29) is 11.6 Å². The molecule has 94 valence electrons. The third-order valence-corrected chi connectivity index (χ3v) is 3.12. The summed E-state index contributed by atoms with van der Waals surface area (Å²) in [5.74, 6) is 0. The maximum atomic E-state index is 11.8. The predicted octanol–water partition coefficient (Wildman–Crippen LogP) is 2.97. The lowest BCUT2D eigenvalue weighted by atomic mass is 9.96. The van der Waals surface area contributed by atoms with E-state index < -0.39 is 0 Å². The molecule has 4 nitrogen and oxygen atoms in total. The van der Waals surface area contributed by atoms with Crippen LogP contribution in [0.5, 0.6) is 0 Å². The van der Waals surface area contributed by atoms with Gasteiger partial charge in [0.25, 0.3) is 0 Å². The van der Waals surface area contributed by atoms with Crippen LogP contribution in [0.25, 0.3) is 0 Å². The van der Waals surface area contributed by atoms with Crippen molar-refractivity contribution in [1.29, 1.82) is 0 Å². The minimum atomic E-state index is -0.193. The summed E-state index contributed by atoms with van der Waals surface area (Å²) in [7, 11) is 0. The van der Waals surface area contributed by atoms with Gasteiger partial charge < -0.3 is 16.4 Å². The molecule has 0 unspecified atom stereocenters. The lowest BCUT2D eigenvalue weighted by molar-refractivity contribution is 0.236. The van der Waals surface area contributed by atoms with Crippen LogP contribution < -0.4 is 16.4 Å². The van der Waals surface area contributed by atoms with Gasteiger partial charge in [-0.05, 0) is 38.0 Å². The van der Waals surface area contributed by atoms with Crippen LogP contribution in [-0.4, -0.2) is 11.6 Å². The lowest BCUT2D eigenvalue weighted by Crippen LogP contribution is -2.46. The van der Waals surface area contributed by atoms with Crippen LogP contribution >= 0.6 is 0 Å². The zero-order chi connectivity index (χ0) is 12.9. The maximum absolute atomic E-state index is 11.8. The molecule has 4 N–H and O–H groups in total. The van der Waals surface area contributed by atoms with Crippen molar-refractivity contribution in [2.24, 2.45) is 0 Å². The Morgan fingerprint density at radius 3 is 2.53 bits per heavy atom. The topological polar surface area (TPSA) is 67.2 Å². The van der Waals surface area contributed by atoms with E-state index in [4.69, 9.17) is 5.73 Å². The first kappa shape index (κ1) is 13.4. The Balaban J connectivity index is 2.61. The number of amides is 2. The first-order valence-electron chi connectivity index (χ1n) is 5.94. The number of benzene rings is 1. The highest BCUT2D eigenvalue weighted by Crippen LogP contribution is 2.15. The molecule has 0 aliphatic carbocycles. The fraction of sp³-hybridized carbons (Fsp3) is 0.462. The van der Waals surface area contributed by atoms with Gasteiger partial charge in [0.1, 0.15) is 0 Å². The Bertz CT molecular complexity index is 386. The molecule has 0 spiro atoms. The summed E-state index contributed by atoms with van der Waals surface area (Å²) < 4.78 is 0. The summed E-state index contributed by atoms with van der Waals surface area (Å²) in [6.45, 7) is 6.15. The van der Waals surface area contributed by atoms with Crippen LogP contribution in [0.2, 0.25) is 0 Å². The summed E-state index contributed by atoms with van der Waals surface area (Å²) in [5, 5.41) is 5.75. The highest BCUT2D eigenvalue weighted by atomic mass is 16.2. The molecule has 1 aromatic rings. The maximum Gasteiger partial charge on any atom is 0.319 e. The molecule has 0 saturated carbocycles. The Hall–Kier alpha value is -1.71. The fourth-order valence-corrected chi connectivity index (χ4v) is 1.48. The zero-order valence-electron chi connectivity index (χ0n) is 10.7. The molecular weight excluding hydrogens is 214 g/mol. The third-order valence-electron chi connectivity index (χ3n) is 3.12. The first-order chi connectivity index (χ1) is 7.99. The smallest absolute Gasteiger partial charge is 0.319 e. The number of hydrogen-bond acceptors (Lipinski definition) is 2. The number of hydrogen-bond donors (Lipinski definition) is 3. The van der Waals surface area contributed by atoms with Gasteiger partial charge in [0.2, 0.25) is 0 Å². The summed E-state index contributed by atoms with van der Waals surface area (Å²) >= 11 is 0. The Labute approximate surface area is 103 Å². The van der Waals surface area contributed by atoms with Gasteiger partial charge in [-0.1, -0.05) is 19.9 Å². The highest BCUT2D eigenvalue weighted by Gasteiger charge is 2.21. The molecule has 0 radical (unpaired) electrons. The van der Waals surface area contributed by atoms with E-state index in [1.807, 2.05) is 19.1 Å². The van der Waals surface area contributed by atoms with Crippen LogP contribution in [-0.2, 0) is 0 Å². The molecule has 2 amide bonds. The van der Waals surface area contributed by atoms with Gasteiger partial charge in [-0.2, -0.15) is 0 Å². The number of anilines is 2. The van der Waals surface area contributed by atoms with E-state index in [9.17, 15) is 4.79 Å². The van der Waals surface area contributed by atoms with Gasteiger partial charge >= 0.3 is 6.03 Å². The minimum absolute atomic E-state index is 0.162. The summed E-state index contributed by atoms with van der Waals surface area (Å²) in [4.78, 5) is 11.8. The van der Waals surface area contributed by atoms with E-state index in [0.717, 1.165) is 12.8 Å². The summed E-state index contributed by atoms with van der Waals surface area (Å²) in [6, 6.07) is 6.94. The van der Waals surface area contributed by atoms with Crippen molar-refractivity contribution in [3.05, 3.63) is 24.3 Å². The number of carbonyl (C=O) groups excluding carboxylic acids is 1. The Morgan fingerprint density at radius 2 is 2.00 bits per heavy atom. The molecule has 1 rings (SSSR count). The van der Waals surface area contributed by atoms with Crippen LogP contribution in [0, 0.1) is 0 Å². The number of carbonyl (C=O) groups is 1. The molecule has 0 aliphatic heterocycles. The second kappa shape index (κ2) is 5.57. The Kier molecular flexibility index (Phi) is 4.37. The van der Waals surface area contributed by atoms with Crippen molar-refractivity contribution in [3.63, 3.8) is 0 Å². The van der Waals surface area contributed by atoms with Gasteiger partial charge in [0, 0.05) is 16.9 Å². The van der Waals surface area contributed by atoms with E-state index >= 15 is 0 Å². The monoisotopic (exact) mass is 235 g/mol. The van der Waals surface area contributed by atoms with E-state index in [1.54, 1.807) is 12.1 Å². The zero-order valence-corrected chi connectivity index (χ0v) is 10.7. The van der Waals surface area contributed by atoms with Crippen LogP contribution in [0.1, 0.15) is 33.6 Å². The van der Waals surface area contributed by atoms with Crippen molar-refractivity contribution < 1.29 is 4.79 Å². The molecule has 0 atom stereocenters.